The van der Waals surface area contributed by atoms with E-state index in [4.69, 9.17) is 0 Å². The Bertz CT molecular complexity index is 589. The minimum absolute atomic E-state index is 0. The first-order valence-electron chi connectivity index (χ1n) is 5.21. The summed E-state index contributed by atoms with van der Waals surface area (Å²) < 4.78 is 2.00. The van der Waals surface area contributed by atoms with E-state index in [0.717, 1.165) is 16.2 Å². The number of thiazole rings is 1. The van der Waals surface area contributed by atoms with Crippen LogP contribution < -0.4 is 10.2 Å². The summed E-state index contributed by atoms with van der Waals surface area (Å²) in [5.41, 5.74) is 4.59. The van der Waals surface area contributed by atoms with E-state index >= 15 is 0 Å². The van der Waals surface area contributed by atoms with Crippen molar-refractivity contribution >= 4 is 34.2 Å². The summed E-state index contributed by atoms with van der Waals surface area (Å²) in [5.74, 6) is -0.171. The van der Waals surface area contributed by atoms with Crippen LogP contribution >= 0.6 is 28.3 Å². The summed E-state index contributed by atoms with van der Waals surface area (Å²) in [7, 11) is 0. The maximum atomic E-state index is 10.9. The summed E-state index contributed by atoms with van der Waals surface area (Å²) in [6.45, 7) is 3.45. The van der Waals surface area contributed by atoms with Crippen molar-refractivity contribution in [2.45, 2.75) is 13.8 Å². The molecule has 1 aromatic heterocycles. The van der Waals surface area contributed by atoms with Crippen molar-refractivity contribution in [3.63, 3.8) is 0 Å². The predicted molar refractivity (Wildman–Crippen MR) is 78.1 cm³/mol. The van der Waals surface area contributed by atoms with Crippen molar-refractivity contribution in [2.24, 2.45) is 5.10 Å². The third-order valence-corrected chi connectivity index (χ3v) is 3.15. The Morgan fingerprint density at radius 1 is 1.33 bits per heavy atom. The number of benzene rings is 1. The van der Waals surface area contributed by atoms with Gasteiger partial charge in [-0.15, -0.1) is 33.4 Å². The van der Waals surface area contributed by atoms with Gasteiger partial charge < -0.3 is 0 Å². The highest BCUT2D eigenvalue weighted by Gasteiger charge is 2.03. The molecule has 18 heavy (non-hydrogen) atoms. The largest absolute Gasteiger partial charge is 0.288 e. The molecule has 0 spiro atoms. The Balaban J connectivity index is 0.00000162. The molecule has 0 atom stereocenters. The fourth-order valence-electron chi connectivity index (χ4n) is 1.49. The summed E-state index contributed by atoms with van der Waals surface area (Å²) in [4.78, 5) is 11.6. The highest BCUT2D eigenvalue weighted by Crippen LogP contribution is 2.09. The number of nitrogens with one attached hydrogen (secondary N) is 1. The first-order valence-corrected chi connectivity index (χ1v) is 6.09. The Kier molecular flexibility index (Phi) is 5.30. The zero-order chi connectivity index (χ0) is 12.3. The van der Waals surface area contributed by atoms with Crippen LogP contribution in [0, 0.1) is 6.92 Å². The van der Waals surface area contributed by atoms with Gasteiger partial charge in [0, 0.05) is 23.7 Å². The van der Waals surface area contributed by atoms with Gasteiger partial charge in [-0.1, -0.05) is 18.2 Å². The number of nitrogens with zero attached hydrogens (tertiary/aromatic N) is 2. The van der Waals surface area contributed by atoms with Crippen LogP contribution in [0.4, 0.5) is 0 Å². The van der Waals surface area contributed by atoms with Crippen molar-refractivity contribution in [1.82, 2.24) is 9.99 Å². The van der Waals surface area contributed by atoms with Crippen molar-refractivity contribution < 1.29 is 4.79 Å². The average molecular weight is 328 g/mol. The van der Waals surface area contributed by atoms with E-state index in [1.165, 1.54) is 18.3 Å². The maximum absolute atomic E-state index is 10.9. The lowest BCUT2D eigenvalue weighted by Gasteiger charge is -2.04. The molecule has 0 unspecified atom stereocenters. The Labute approximate surface area is 120 Å². The number of carbonyl (C=O) groups is 1. The van der Waals surface area contributed by atoms with Gasteiger partial charge in [0.15, 0.2) is 0 Å². The highest BCUT2D eigenvalue weighted by molar-refractivity contribution is 8.93. The number of hydrogen-bond acceptors (Lipinski definition) is 3. The second-order valence-electron chi connectivity index (χ2n) is 3.61. The molecule has 4 nitrogen and oxygen atoms in total. The Morgan fingerprint density at radius 3 is 2.61 bits per heavy atom. The van der Waals surface area contributed by atoms with Crippen LogP contribution in [0.5, 0.6) is 0 Å². The van der Waals surface area contributed by atoms with Gasteiger partial charge in [-0.3, -0.25) is 9.36 Å². The van der Waals surface area contributed by atoms with Gasteiger partial charge >= 0.3 is 0 Å². The number of carbonyl (C=O) groups excluding carboxylic acids is 1. The molecule has 1 aromatic carbocycles. The molecule has 0 radical (unpaired) electrons. The third kappa shape index (κ3) is 3.30. The van der Waals surface area contributed by atoms with Gasteiger partial charge in [-0.05, 0) is 19.1 Å². The van der Waals surface area contributed by atoms with E-state index in [1.807, 2.05) is 47.2 Å². The lowest BCUT2D eigenvalue weighted by molar-refractivity contribution is -0.119. The highest BCUT2D eigenvalue weighted by atomic mass is 79.9. The van der Waals surface area contributed by atoms with Crippen LogP contribution in [0.1, 0.15) is 12.6 Å². The van der Waals surface area contributed by atoms with E-state index in [1.54, 1.807) is 0 Å². The van der Waals surface area contributed by atoms with E-state index in [2.05, 4.69) is 10.5 Å². The first-order chi connectivity index (χ1) is 8.18. The summed E-state index contributed by atoms with van der Waals surface area (Å²) in [6, 6.07) is 9.93. The van der Waals surface area contributed by atoms with Gasteiger partial charge in [-0.25, -0.2) is 5.43 Å². The molecule has 0 aliphatic carbocycles. The molecule has 1 heterocycles. The molecule has 0 saturated carbocycles. The molecule has 2 rings (SSSR count). The molecule has 0 saturated heterocycles. The van der Waals surface area contributed by atoms with Crippen LogP contribution in [-0.4, -0.2) is 10.5 Å². The van der Waals surface area contributed by atoms with Gasteiger partial charge in [0.05, 0.1) is 0 Å². The van der Waals surface area contributed by atoms with Crippen LogP contribution in [0.2, 0.25) is 0 Å². The fourth-order valence-corrected chi connectivity index (χ4v) is 2.32. The summed E-state index contributed by atoms with van der Waals surface area (Å²) in [5, 5.41) is 6.09. The lowest BCUT2D eigenvalue weighted by Crippen LogP contribution is -2.22. The topological polar surface area (TPSA) is 46.4 Å². The molecule has 1 N–H and O–H groups in total. The zero-order valence-corrected chi connectivity index (χ0v) is 12.6. The summed E-state index contributed by atoms with van der Waals surface area (Å²) >= 11 is 1.49. The number of para-hydroxylation sites is 1. The second-order valence-corrected chi connectivity index (χ2v) is 4.45. The first kappa shape index (κ1) is 14.7. The monoisotopic (exact) mass is 327 g/mol. The number of halogens is 1. The fraction of sp³-hybridized carbons (Fsp3) is 0.167. The smallest absolute Gasteiger partial charge is 0.237 e. The van der Waals surface area contributed by atoms with E-state index in [9.17, 15) is 4.79 Å². The molecule has 0 fully saturated rings. The molecule has 1 amide bonds. The molecule has 0 bridgehead atoms. The molecule has 96 valence electrons. The number of aromatic nitrogens is 1. The number of hydrogen-bond donors (Lipinski definition) is 1. The van der Waals surface area contributed by atoms with Gasteiger partial charge in [0.1, 0.15) is 0 Å². The Hall–Kier alpha value is -1.40. The normalized spacial score (nSPS) is 10.9. The molecule has 0 aliphatic rings. The second kappa shape index (κ2) is 6.51. The van der Waals surface area contributed by atoms with Crippen molar-refractivity contribution in [1.29, 1.82) is 0 Å². The minimum atomic E-state index is -0.171. The predicted octanol–water partition coefficient (Wildman–Crippen LogP) is 2.38. The van der Waals surface area contributed by atoms with Crippen molar-refractivity contribution in [2.75, 3.05) is 0 Å². The molecular weight excluding hydrogens is 314 g/mol. The molecular formula is C12H14BrN3OS. The third-order valence-electron chi connectivity index (χ3n) is 2.20. The van der Waals surface area contributed by atoms with Crippen LogP contribution in [0.25, 0.3) is 5.69 Å². The molecule has 0 aliphatic heterocycles. The van der Waals surface area contributed by atoms with E-state index < -0.39 is 0 Å². The quantitative estimate of drug-likeness (QED) is 0.846. The molecule has 6 heteroatoms. The number of rotatable bonds is 2. The number of aryl methyl sites for hydroxylation is 1. The SMILES string of the molecule is Br.CC(=O)N/N=c1\scc(C)n1-c1ccccc1. The van der Waals surface area contributed by atoms with Gasteiger partial charge in [-0.2, -0.15) is 0 Å². The van der Waals surface area contributed by atoms with Gasteiger partial charge in [0.2, 0.25) is 10.7 Å². The standard InChI is InChI=1S/C12H13N3OS.BrH/c1-9-8-17-12(14-13-10(2)16)15(9)11-6-4-3-5-7-11;/h3-8H,1-2H3,(H,13,16);1H/b14-12-;. The van der Waals surface area contributed by atoms with Crippen LogP contribution in [0.3, 0.4) is 0 Å². The number of amides is 1. The maximum Gasteiger partial charge on any atom is 0.237 e. The van der Waals surface area contributed by atoms with Crippen LogP contribution in [0.15, 0.2) is 40.8 Å². The average Bonchev–Trinajstić information content (AvgIpc) is 2.69. The Morgan fingerprint density at radius 2 is 2.00 bits per heavy atom. The minimum Gasteiger partial charge on any atom is -0.288 e. The molecule has 2 aromatic rings. The van der Waals surface area contributed by atoms with Crippen molar-refractivity contribution in [3.8, 4) is 5.69 Å². The van der Waals surface area contributed by atoms with E-state index in [-0.39, 0.29) is 22.9 Å². The zero-order valence-electron chi connectivity index (χ0n) is 10.1. The van der Waals surface area contributed by atoms with E-state index in [0.29, 0.717) is 0 Å². The summed E-state index contributed by atoms with van der Waals surface area (Å²) in [6.07, 6.45) is 0. The van der Waals surface area contributed by atoms with Crippen molar-refractivity contribution in [3.05, 3.63) is 46.2 Å². The van der Waals surface area contributed by atoms with Gasteiger partial charge in [0.25, 0.3) is 0 Å². The van der Waals surface area contributed by atoms with Crippen LogP contribution in [-0.2, 0) is 4.79 Å². The lowest BCUT2D eigenvalue weighted by atomic mass is 10.3.